The summed E-state index contributed by atoms with van der Waals surface area (Å²) in [7, 11) is 0. The topological polar surface area (TPSA) is 40.9 Å². The second-order valence-electron chi connectivity index (χ2n) is 6.29. The Hall–Kier alpha value is -2.73. The van der Waals surface area contributed by atoms with Gasteiger partial charge in [0.25, 0.3) is 5.91 Å². The van der Waals surface area contributed by atoms with Gasteiger partial charge >= 0.3 is 0 Å². The summed E-state index contributed by atoms with van der Waals surface area (Å²) in [6.07, 6.45) is 1.84. The van der Waals surface area contributed by atoms with Crippen molar-refractivity contribution in [3.05, 3.63) is 71.8 Å². The summed E-state index contributed by atoms with van der Waals surface area (Å²) in [6, 6.07) is 14.2. The molecule has 0 aliphatic carbocycles. The fourth-order valence-electron chi connectivity index (χ4n) is 3.16. The van der Waals surface area contributed by atoms with Gasteiger partial charge in [-0.05, 0) is 35.9 Å². The van der Waals surface area contributed by atoms with Gasteiger partial charge < -0.3 is 4.90 Å². The summed E-state index contributed by atoms with van der Waals surface area (Å²) in [5, 5.41) is 4.36. The highest BCUT2D eigenvalue weighted by atomic mass is 19.1. The third-order valence-electron chi connectivity index (χ3n) is 4.57. The summed E-state index contributed by atoms with van der Waals surface area (Å²) < 4.78 is 14.7. The van der Waals surface area contributed by atoms with Gasteiger partial charge in [0, 0.05) is 38.9 Å². The molecule has 0 spiro atoms. The molecule has 4 rings (SSSR count). The Bertz CT molecular complexity index is 849. The molecule has 0 radical (unpaired) electrons. The zero-order valence-corrected chi connectivity index (χ0v) is 13.8. The number of nitrogens with zero attached hydrogens (tertiary/aromatic N) is 4. The van der Waals surface area contributed by atoms with Crippen molar-refractivity contribution in [3.8, 4) is 0 Å². The van der Waals surface area contributed by atoms with Gasteiger partial charge in [-0.2, -0.15) is 5.10 Å². The lowest BCUT2D eigenvalue weighted by atomic mass is 10.2. The summed E-state index contributed by atoms with van der Waals surface area (Å²) in [5.41, 5.74) is 2.49. The number of benzene rings is 1. The van der Waals surface area contributed by atoms with Crippen molar-refractivity contribution in [2.45, 2.75) is 6.54 Å². The Morgan fingerprint density at radius 1 is 1.04 bits per heavy atom. The number of aromatic nitrogens is 2. The van der Waals surface area contributed by atoms with Gasteiger partial charge in [-0.15, -0.1) is 0 Å². The summed E-state index contributed by atoms with van der Waals surface area (Å²) >= 11 is 0. The summed E-state index contributed by atoms with van der Waals surface area (Å²) in [4.78, 5) is 16.8. The van der Waals surface area contributed by atoms with Crippen molar-refractivity contribution in [1.29, 1.82) is 0 Å². The van der Waals surface area contributed by atoms with E-state index in [2.05, 4.69) is 10.00 Å². The molecule has 3 aromatic rings. The number of hydrogen-bond acceptors (Lipinski definition) is 3. The lowest BCUT2D eigenvalue weighted by Crippen LogP contribution is -2.48. The van der Waals surface area contributed by atoms with Gasteiger partial charge in [0.05, 0.1) is 5.52 Å². The molecule has 0 unspecified atom stereocenters. The van der Waals surface area contributed by atoms with Crippen molar-refractivity contribution in [3.63, 3.8) is 0 Å². The molecule has 25 heavy (non-hydrogen) atoms. The molecule has 128 valence electrons. The predicted octanol–water partition coefficient (Wildman–Crippen LogP) is 2.43. The largest absolute Gasteiger partial charge is 0.335 e. The summed E-state index contributed by atoms with van der Waals surface area (Å²) in [5.74, 6) is -0.239. The molecule has 0 saturated carbocycles. The molecule has 1 amide bonds. The van der Waals surface area contributed by atoms with Crippen molar-refractivity contribution in [2.24, 2.45) is 0 Å². The van der Waals surface area contributed by atoms with Crippen LogP contribution in [0.2, 0.25) is 0 Å². The SMILES string of the molecule is O=C(c1cc2ccccn2n1)N1CCN(Cc2ccc(F)cc2)CC1. The number of halogens is 1. The van der Waals surface area contributed by atoms with E-state index in [0.29, 0.717) is 18.8 Å². The standard InChI is InChI=1S/C19H19FN4O/c20-16-6-4-15(5-7-16)14-22-9-11-23(12-10-22)19(25)18-13-17-3-1-2-8-24(17)21-18/h1-8,13H,9-12,14H2. The minimum absolute atomic E-state index is 0.0230. The second kappa shape index (κ2) is 6.64. The van der Waals surface area contributed by atoms with Gasteiger partial charge in [-0.1, -0.05) is 18.2 Å². The number of fused-ring (bicyclic) bond motifs is 1. The maximum atomic E-state index is 13.0. The van der Waals surface area contributed by atoms with Crippen LogP contribution in [0.5, 0.6) is 0 Å². The zero-order chi connectivity index (χ0) is 17.2. The number of carbonyl (C=O) groups excluding carboxylic acids is 1. The third-order valence-corrected chi connectivity index (χ3v) is 4.57. The number of amides is 1. The minimum Gasteiger partial charge on any atom is -0.335 e. The molecule has 0 N–H and O–H groups in total. The molecule has 6 heteroatoms. The van der Waals surface area contributed by atoms with Crippen LogP contribution in [0, 0.1) is 5.82 Å². The number of carbonyl (C=O) groups is 1. The third kappa shape index (κ3) is 3.39. The molecule has 0 bridgehead atoms. The van der Waals surface area contributed by atoms with Crippen LogP contribution in [-0.4, -0.2) is 51.5 Å². The van der Waals surface area contributed by atoms with Crippen LogP contribution in [0.4, 0.5) is 4.39 Å². The van der Waals surface area contributed by atoms with Crippen molar-refractivity contribution < 1.29 is 9.18 Å². The number of piperazine rings is 1. The highest BCUT2D eigenvalue weighted by Crippen LogP contribution is 2.13. The van der Waals surface area contributed by atoms with Gasteiger partial charge in [-0.25, -0.2) is 8.91 Å². The number of pyridine rings is 1. The maximum Gasteiger partial charge on any atom is 0.274 e. The average molecular weight is 338 g/mol. The van der Waals surface area contributed by atoms with E-state index in [-0.39, 0.29) is 11.7 Å². The molecule has 1 aliphatic heterocycles. The first-order chi connectivity index (χ1) is 12.2. The first-order valence-electron chi connectivity index (χ1n) is 8.39. The smallest absolute Gasteiger partial charge is 0.274 e. The molecule has 0 atom stereocenters. The van der Waals surface area contributed by atoms with Crippen LogP contribution >= 0.6 is 0 Å². The van der Waals surface area contributed by atoms with Crippen LogP contribution < -0.4 is 0 Å². The quantitative estimate of drug-likeness (QED) is 0.736. The van der Waals surface area contributed by atoms with Crippen LogP contribution in [0.25, 0.3) is 5.52 Å². The fraction of sp³-hybridized carbons (Fsp3) is 0.263. The van der Waals surface area contributed by atoms with Crippen LogP contribution in [0.1, 0.15) is 16.1 Å². The van der Waals surface area contributed by atoms with E-state index < -0.39 is 0 Å². The monoisotopic (exact) mass is 338 g/mol. The molecule has 3 heterocycles. The van der Waals surface area contributed by atoms with Crippen LogP contribution in [0.3, 0.4) is 0 Å². The normalized spacial score (nSPS) is 15.6. The Kier molecular flexibility index (Phi) is 4.19. The molecular weight excluding hydrogens is 319 g/mol. The molecule has 5 nitrogen and oxygen atoms in total. The predicted molar refractivity (Wildman–Crippen MR) is 92.8 cm³/mol. The van der Waals surface area contributed by atoms with E-state index in [1.54, 1.807) is 4.52 Å². The second-order valence-corrected chi connectivity index (χ2v) is 6.29. The average Bonchev–Trinajstić information content (AvgIpc) is 3.08. The van der Waals surface area contributed by atoms with E-state index in [9.17, 15) is 9.18 Å². The summed E-state index contributed by atoms with van der Waals surface area (Å²) in [6.45, 7) is 3.73. The minimum atomic E-state index is -0.216. The highest BCUT2D eigenvalue weighted by Gasteiger charge is 2.23. The molecular formula is C19H19FN4O. The maximum absolute atomic E-state index is 13.0. The van der Waals surface area contributed by atoms with E-state index in [1.165, 1.54) is 12.1 Å². The highest BCUT2D eigenvalue weighted by molar-refractivity contribution is 5.93. The Balaban J connectivity index is 1.37. The van der Waals surface area contributed by atoms with Crippen LogP contribution in [-0.2, 0) is 6.54 Å². The van der Waals surface area contributed by atoms with E-state index in [0.717, 1.165) is 30.7 Å². The first-order valence-corrected chi connectivity index (χ1v) is 8.39. The van der Waals surface area contributed by atoms with E-state index in [1.807, 2.05) is 47.5 Å². The van der Waals surface area contributed by atoms with E-state index in [4.69, 9.17) is 0 Å². The van der Waals surface area contributed by atoms with Crippen LogP contribution in [0.15, 0.2) is 54.7 Å². The van der Waals surface area contributed by atoms with Gasteiger partial charge in [-0.3, -0.25) is 9.69 Å². The van der Waals surface area contributed by atoms with Crippen molar-refractivity contribution >= 4 is 11.4 Å². The van der Waals surface area contributed by atoms with Gasteiger partial charge in [0.2, 0.25) is 0 Å². The lowest BCUT2D eigenvalue weighted by Gasteiger charge is -2.34. The van der Waals surface area contributed by atoms with Crippen molar-refractivity contribution in [2.75, 3.05) is 26.2 Å². The Morgan fingerprint density at radius 2 is 1.80 bits per heavy atom. The lowest BCUT2D eigenvalue weighted by molar-refractivity contribution is 0.0622. The molecule has 1 fully saturated rings. The van der Waals surface area contributed by atoms with Gasteiger partial charge in [0.1, 0.15) is 5.82 Å². The Labute approximate surface area is 145 Å². The number of hydrogen-bond donors (Lipinski definition) is 0. The Morgan fingerprint density at radius 3 is 2.52 bits per heavy atom. The molecule has 1 aromatic carbocycles. The van der Waals surface area contributed by atoms with Crippen molar-refractivity contribution in [1.82, 2.24) is 19.4 Å². The van der Waals surface area contributed by atoms with E-state index >= 15 is 0 Å². The zero-order valence-electron chi connectivity index (χ0n) is 13.8. The van der Waals surface area contributed by atoms with Gasteiger partial charge in [0.15, 0.2) is 5.69 Å². The number of rotatable bonds is 3. The molecule has 2 aromatic heterocycles. The fourth-order valence-corrected chi connectivity index (χ4v) is 3.16. The first kappa shape index (κ1) is 15.8. The molecule has 1 saturated heterocycles. The molecule has 1 aliphatic rings.